The van der Waals surface area contributed by atoms with Crippen LogP contribution < -0.4 is 10.5 Å². The second-order valence-electron chi connectivity index (χ2n) is 6.38. The number of aliphatic hydroxyl groups excluding tert-OH is 1. The van der Waals surface area contributed by atoms with Crippen molar-refractivity contribution in [3.05, 3.63) is 59.8 Å². The van der Waals surface area contributed by atoms with E-state index in [4.69, 9.17) is 0 Å². The number of nitrogens with one attached hydrogen (secondary N) is 1. The molecule has 5 rings (SSSR count). The molecule has 4 aromatic heterocycles. The van der Waals surface area contributed by atoms with Crippen LogP contribution >= 0.6 is 0 Å². The monoisotopic (exact) mass is 361 g/mol. The second-order valence-corrected chi connectivity index (χ2v) is 6.38. The first-order chi connectivity index (χ1) is 13.2. The molecule has 1 aliphatic heterocycles. The maximum absolute atomic E-state index is 12.5. The Labute approximate surface area is 153 Å². The molecule has 0 amide bonds. The smallest absolute Gasteiger partial charge is 0.260 e. The molecule has 9 heteroatoms. The van der Waals surface area contributed by atoms with E-state index in [-0.39, 0.29) is 11.7 Å². The van der Waals surface area contributed by atoms with Crippen molar-refractivity contribution in [3.63, 3.8) is 0 Å². The van der Waals surface area contributed by atoms with Gasteiger partial charge in [0.1, 0.15) is 0 Å². The van der Waals surface area contributed by atoms with Gasteiger partial charge >= 0.3 is 0 Å². The minimum absolute atomic E-state index is 0.229. The van der Waals surface area contributed by atoms with Crippen LogP contribution in [0.1, 0.15) is 0 Å². The summed E-state index contributed by atoms with van der Waals surface area (Å²) in [6.45, 7) is 1.06. The van der Waals surface area contributed by atoms with Gasteiger partial charge in [0.25, 0.3) is 5.56 Å². The van der Waals surface area contributed by atoms with E-state index in [1.807, 2.05) is 27.8 Å². The summed E-state index contributed by atoms with van der Waals surface area (Å²) in [5, 5.41) is 9.89. The molecule has 0 aromatic carbocycles. The minimum atomic E-state index is -0.324. The molecule has 27 heavy (non-hydrogen) atoms. The second kappa shape index (κ2) is 5.99. The van der Waals surface area contributed by atoms with Crippen LogP contribution in [0, 0.1) is 0 Å². The number of fused-ring (bicyclic) bond motifs is 1. The zero-order chi connectivity index (χ0) is 18.4. The van der Waals surface area contributed by atoms with Gasteiger partial charge in [0.2, 0.25) is 5.95 Å². The van der Waals surface area contributed by atoms with Crippen LogP contribution in [0.3, 0.4) is 0 Å². The molecule has 0 unspecified atom stereocenters. The molecule has 4 aromatic rings. The topological polar surface area (TPSA) is 113 Å². The quantitative estimate of drug-likeness (QED) is 0.553. The average Bonchev–Trinajstić information content (AvgIpc) is 3.07. The van der Waals surface area contributed by atoms with E-state index in [1.165, 1.54) is 6.33 Å². The van der Waals surface area contributed by atoms with Crippen molar-refractivity contribution < 1.29 is 5.11 Å². The van der Waals surface area contributed by atoms with Crippen molar-refractivity contribution in [2.45, 2.75) is 6.10 Å². The summed E-state index contributed by atoms with van der Waals surface area (Å²) in [5.74, 6) is 0.562. The number of aromatic amines is 1. The van der Waals surface area contributed by atoms with E-state index >= 15 is 0 Å². The van der Waals surface area contributed by atoms with Crippen LogP contribution in [0.4, 0.5) is 5.95 Å². The molecule has 0 radical (unpaired) electrons. The third kappa shape index (κ3) is 2.56. The number of aliphatic hydroxyl groups is 1. The van der Waals surface area contributed by atoms with Crippen LogP contribution in [0.25, 0.3) is 27.8 Å². The standard InChI is InChI=1S/C18H15N7O2/c26-13-7-24(8-13)18-20-4-11(5-21-18)14-9-25(12-2-1-3-19-6-12)16-15(14)17(27)23-10-22-16/h1-6,9-10,13,26H,7-8H2,(H,22,23,27). The van der Waals surface area contributed by atoms with Gasteiger partial charge < -0.3 is 15.0 Å². The SMILES string of the molecule is O=c1[nH]cnc2c1c(-c1cnc(N3CC(O)C3)nc1)cn2-c1cccnc1. The zero-order valence-electron chi connectivity index (χ0n) is 14.1. The Balaban J connectivity index is 1.64. The molecule has 0 spiro atoms. The molecule has 0 bridgehead atoms. The first-order valence-electron chi connectivity index (χ1n) is 8.45. The first kappa shape index (κ1) is 15.6. The number of hydrogen-bond donors (Lipinski definition) is 2. The Morgan fingerprint density at radius 1 is 1.15 bits per heavy atom. The number of H-pyrrole nitrogens is 1. The maximum atomic E-state index is 12.5. The molecular formula is C18H15N7O2. The van der Waals surface area contributed by atoms with Gasteiger partial charge in [0.05, 0.1) is 29.7 Å². The highest BCUT2D eigenvalue weighted by Gasteiger charge is 2.26. The van der Waals surface area contributed by atoms with Crippen molar-refractivity contribution in [3.8, 4) is 16.8 Å². The number of nitrogens with zero attached hydrogens (tertiary/aromatic N) is 6. The van der Waals surface area contributed by atoms with Gasteiger partial charge in [0.15, 0.2) is 5.65 Å². The van der Waals surface area contributed by atoms with Crippen molar-refractivity contribution in [2.24, 2.45) is 0 Å². The number of pyridine rings is 1. The number of rotatable bonds is 3. The fourth-order valence-corrected chi connectivity index (χ4v) is 3.22. The van der Waals surface area contributed by atoms with Crippen LogP contribution in [0.5, 0.6) is 0 Å². The van der Waals surface area contributed by atoms with E-state index < -0.39 is 0 Å². The Bertz CT molecular complexity index is 1160. The lowest BCUT2D eigenvalue weighted by Gasteiger charge is -2.35. The summed E-state index contributed by atoms with van der Waals surface area (Å²) >= 11 is 0. The Morgan fingerprint density at radius 2 is 1.96 bits per heavy atom. The van der Waals surface area contributed by atoms with Gasteiger partial charge in [0, 0.05) is 49.0 Å². The molecular weight excluding hydrogens is 346 g/mol. The molecule has 134 valence electrons. The van der Waals surface area contributed by atoms with Crippen molar-refractivity contribution in [2.75, 3.05) is 18.0 Å². The fourth-order valence-electron chi connectivity index (χ4n) is 3.22. The normalized spacial score (nSPS) is 14.5. The van der Waals surface area contributed by atoms with Gasteiger partial charge in [-0.2, -0.15) is 0 Å². The predicted molar refractivity (Wildman–Crippen MR) is 98.7 cm³/mol. The van der Waals surface area contributed by atoms with Crippen LogP contribution in [0.15, 0.2) is 54.2 Å². The van der Waals surface area contributed by atoms with E-state index in [0.29, 0.717) is 41.2 Å². The van der Waals surface area contributed by atoms with Gasteiger partial charge in [-0.25, -0.2) is 15.0 Å². The van der Waals surface area contributed by atoms with Crippen molar-refractivity contribution in [1.82, 2.24) is 29.5 Å². The molecule has 1 fully saturated rings. The molecule has 9 nitrogen and oxygen atoms in total. The average molecular weight is 361 g/mol. The van der Waals surface area contributed by atoms with Gasteiger partial charge in [-0.1, -0.05) is 0 Å². The Hall–Kier alpha value is -3.59. The minimum Gasteiger partial charge on any atom is -0.389 e. The summed E-state index contributed by atoms with van der Waals surface area (Å²) in [7, 11) is 0. The van der Waals surface area contributed by atoms with E-state index in [2.05, 4.69) is 24.9 Å². The number of β-amino-alcohol motifs (C(OH)–C–C–N with tert-alkyl or cyclic N) is 1. The Morgan fingerprint density at radius 3 is 2.67 bits per heavy atom. The Kier molecular flexibility index (Phi) is 3.47. The summed E-state index contributed by atoms with van der Waals surface area (Å²) in [6.07, 6.45) is 9.67. The van der Waals surface area contributed by atoms with E-state index in [0.717, 1.165) is 5.69 Å². The lowest BCUT2D eigenvalue weighted by molar-refractivity contribution is 0.140. The third-order valence-corrected chi connectivity index (χ3v) is 4.61. The molecule has 0 saturated carbocycles. The van der Waals surface area contributed by atoms with Crippen LogP contribution in [0.2, 0.25) is 0 Å². The summed E-state index contributed by atoms with van der Waals surface area (Å²) in [5.41, 5.74) is 2.52. The fraction of sp³-hybridized carbons (Fsp3) is 0.167. The lowest BCUT2D eigenvalue weighted by Crippen LogP contribution is -2.51. The van der Waals surface area contributed by atoms with E-state index in [1.54, 1.807) is 24.8 Å². The first-order valence-corrected chi connectivity index (χ1v) is 8.45. The number of aromatic nitrogens is 6. The zero-order valence-corrected chi connectivity index (χ0v) is 14.1. The van der Waals surface area contributed by atoms with Gasteiger partial charge in [-0.05, 0) is 12.1 Å². The van der Waals surface area contributed by atoms with E-state index in [9.17, 15) is 9.90 Å². The highest BCUT2D eigenvalue weighted by atomic mass is 16.3. The molecule has 0 atom stereocenters. The maximum Gasteiger partial charge on any atom is 0.260 e. The largest absolute Gasteiger partial charge is 0.389 e. The van der Waals surface area contributed by atoms with Gasteiger partial charge in [-0.3, -0.25) is 14.3 Å². The van der Waals surface area contributed by atoms with Crippen LogP contribution in [-0.2, 0) is 0 Å². The lowest BCUT2D eigenvalue weighted by atomic mass is 10.1. The molecule has 1 saturated heterocycles. The highest BCUT2D eigenvalue weighted by Crippen LogP contribution is 2.29. The van der Waals surface area contributed by atoms with Crippen molar-refractivity contribution in [1.29, 1.82) is 0 Å². The highest BCUT2D eigenvalue weighted by molar-refractivity contribution is 5.94. The number of anilines is 1. The molecule has 2 N–H and O–H groups in total. The summed E-state index contributed by atoms with van der Waals surface area (Å²) in [6, 6.07) is 3.72. The molecule has 1 aliphatic rings. The van der Waals surface area contributed by atoms with Gasteiger partial charge in [-0.15, -0.1) is 0 Å². The van der Waals surface area contributed by atoms with Crippen LogP contribution in [-0.4, -0.2) is 53.8 Å². The summed E-state index contributed by atoms with van der Waals surface area (Å²) in [4.78, 5) is 34.2. The third-order valence-electron chi connectivity index (χ3n) is 4.61. The molecule has 5 heterocycles. The molecule has 0 aliphatic carbocycles. The summed E-state index contributed by atoms with van der Waals surface area (Å²) < 4.78 is 1.83. The van der Waals surface area contributed by atoms with Crippen molar-refractivity contribution >= 4 is 17.0 Å². The predicted octanol–water partition coefficient (Wildman–Crippen LogP) is 0.747. The number of hydrogen-bond acceptors (Lipinski definition) is 7.